The molecule has 126 valence electrons. The van der Waals surface area contributed by atoms with Crippen molar-refractivity contribution in [1.82, 2.24) is 9.80 Å². The van der Waals surface area contributed by atoms with E-state index in [0.29, 0.717) is 12.6 Å². The van der Waals surface area contributed by atoms with Crippen LogP contribution in [0.1, 0.15) is 30.1 Å². The average Bonchev–Trinajstić information content (AvgIpc) is 3.44. The van der Waals surface area contributed by atoms with Gasteiger partial charge in [-0.2, -0.15) is 0 Å². The Morgan fingerprint density at radius 1 is 1.17 bits per heavy atom. The standard InChI is InChI=1S/C18H27N3O2/c1-2-19-9-11-20(12-10-19)16-5-3-15(4-6-16)18(23)21(13-14-22)17-7-8-17/h3-6,17,22H,2,7-14H2,1H3. The SMILES string of the molecule is CCN1CCN(c2ccc(C(=O)N(CCO)C3CC3)cc2)CC1. The fraction of sp³-hybridized carbons (Fsp3) is 0.611. The third kappa shape index (κ3) is 3.85. The van der Waals surface area contributed by atoms with Crippen LogP contribution in [0.2, 0.25) is 0 Å². The number of nitrogens with zero attached hydrogens (tertiary/aromatic N) is 3. The summed E-state index contributed by atoms with van der Waals surface area (Å²) >= 11 is 0. The van der Waals surface area contributed by atoms with Gasteiger partial charge in [0.2, 0.25) is 0 Å². The fourth-order valence-corrected chi connectivity index (χ4v) is 3.25. The second kappa shape index (κ2) is 7.32. The highest BCUT2D eigenvalue weighted by atomic mass is 16.3. The van der Waals surface area contributed by atoms with Gasteiger partial charge in [0.25, 0.3) is 5.91 Å². The Balaban J connectivity index is 1.63. The zero-order chi connectivity index (χ0) is 16.2. The van der Waals surface area contributed by atoms with Crippen LogP contribution in [0.15, 0.2) is 24.3 Å². The van der Waals surface area contributed by atoms with Gasteiger partial charge in [-0.05, 0) is 43.7 Å². The van der Waals surface area contributed by atoms with E-state index in [2.05, 4.69) is 28.9 Å². The second-order valence-corrected chi connectivity index (χ2v) is 6.42. The van der Waals surface area contributed by atoms with Crippen LogP contribution in [0.25, 0.3) is 0 Å². The molecule has 0 bridgehead atoms. The van der Waals surface area contributed by atoms with Gasteiger partial charge in [-0.1, -0.05) is 6.92 Å². The molecular weight excluding hydrogens is 290 g/mol. The van der Waals surface area contributed by atoms with Gasteiger partial charge >= 0.3 is 0 Å². The van der Waals surface area contributed by atoms with Crippen LogP contribution in [0, 0.1) is 0 Å². The number of anilines is 1. The number of amides is 1. The number of hydrogen-bond acceptors (Lipinski definition) is 4. The molecule has 0 atom stereocenters. The maximum absolute atomic E-state index is 12.6. The summed E-state index contributed by atoms with van der Waals surface area (Å²) in [4.78, 5) is 19.2. The molecule has 5 heteroatoms. The summed E-state index contributed by atoms with van der Waals surface area (Å²) in [5.74, 6) is 0.0453. The molecule has 1 N–H and O–H groups in total. The molecule has 1 aliphatic carbocycles. The maximum atomic E-state index is 12.6. The molecule has 1 saturated heterocycles. The molecule has 1 amide bonds. The number of aliphatic hydroxyl groups is 1. The van der Waals surface area contributed by atoms with E-state index in [4.69, 9.17) is 5.11 Å². The molecule has 1 aromatic rings. The molecule has 1 aliphatic heterocycles. The number of rotatable bonds is 6. The van der Waals surface area contributed by atoms with Crippen molar-refractivity contribution < 1.29 is 9.90 Å². The lowest BCUT2D eigenvalue weighted by atomic mass is 10.1. The predicted molar refractivity (Wildman–Crippen MR) is 91.9 cm³/mol. The molecule has 1 saturated carbocycles. The molecule has 1 aromatic carbocycles. The molecule has 2 aliphatic rings. The highest BCUT2D eigenvalue weighted by Gasteiger charge is 2.32. The first-order chi connectivity index (χ1) is 11.2. The summed E-state index contributed by atoms with van der Waals surface area (Å²) in [7, 11) is 0. The van der Waals surface area contributed by atoms with Gasteiger partial charge in [0.1, 0.15) is 0 Å². The number of likely N-dealkylation sites (N-methyl/N-ethyl adjacent to an activating group) is 1. The van der Waals surface area contributed by atoms with Gasteiger partial charge in [0.05, 0.1) is 6.61 Å². The van der Waals surface area contributed by atoms with Crippen LogP contribution < -0.4 is 4.90 Å². The third-order valence-electron chi connectivity index (χ3n) is 4.89. The van der Waals surface area contributed by atoms with Crippen LogP contribution in [-0.4, -0.2) is 72.7 Å². The Morgan fingerprint density at radius 3 is 2.35 bits per heavy atom. The zero-order valence-electron chi connectivity index (χ0n) is 13.9. The van der Waals surface area contributed by atoms with E-state index in [-0.39, 0.29) is 12.5 Å². The molecule has 0 aromatic heterocycles. The first-order valence-corrected chi connectivity index (χ1v) is 8.72. The molecule has 5 nitrogen and oxygen atoms in total. The van der Waals surface area contributed by atoms with E-state index in [1.165, 1.54) is 5.69 Å². The first-order valence-electron chi connectivity index (χ1n) is 8.72. The molecule has 0 radical (unpaired) electrons. The Kier molecular flexibility index (Phi) is 5.18. The van der Waals surface area contributed by atoms with Gasteiger partial charge in [-0.15, -0.1) is 0 Å². The van der Waals surface area contributed by atoms with Crippen molar-refractivity contribution in [1.29, 1.82) is 0 Å². The Labute approximate surface area is 138 Å². The molecule has 23 heavy (non-hydrogen) atoms. The molecular formula is C18H27N3O2. The second-order valence-electron chi connectivity index (χ2n) is 6.42. The first kappa shape index (κ1) is 16.3. The van der Waals surface area contributed by atoms with Gasteiger partial charge < -0.3 is 19.8 Å². The van der Waals surface area contributed by atoms with Crippen molar-refractivity contribution in [2.75, 3.05) is 50.8 Å². The van der Waals surface area contributed by atoms with Crippen LogP contribution >= 0.6 is 0 Å². The summed E-state index contributed by atoms with van der Waals surface area (Å²) in [5, 5.41) is 9.16. The number of carbonyl (C=O) groups is 1. The monoisotopic (exact) mass is 317 g/mol. The number of hydrogen-bond donors (Lipinski definition) is 1. The van der Waals surface area contributed by atoms with Gasteiger partial charge in [0.15, 0.2) is 0 Å². The highest BCUT2D eigenvalue weighted by Crippen LogP contribution is 2.28. The maximum Gasteiger partial charge on any atom is 0.254 e. The summed E-state index contributed by atoms with van der Waals surface area (Å²) in [6.07, 6.45) is 2.12. The Hall–Kier alpha value is -1.59. The van der Waals surface area contributed by atoms with Crippen molar-refractivity contribution in [3.63, 3.8) is 0 Å². The van der Waals surface area contributed by atoms with E-state index >= 15 is 0 Å². The number of aliphatic hydroxyl groups excluding tert-OH is 1. The summed E-state index contributed by atoms with van der Waals surface area (Å²) in [6.45, 7) is 8.06. The van der Waals surface area contributed by atoms with E-state index in [9.17, 15) is 4.79 Å². The van der Waals surface area contributed by atoms with E-state index < -0.39 is 0 Å². The van der Waals surface area contributed by atoms with Gasteiger partial charge in [-0.25, -0.2) is 0 Å². The van der Waals surface area contributed by atoms with Crippen molar-refractivity contribution in [3.8, 4) is 0 Å². The van der Waals surface area contributed by atoms with Crippen molar-refractivity contribution in [3.05, 3.63) is 29.8 Å². The summed E-state index contributed by atoms with van der Waals surface area (Å²) in [6, 6.07) is 8.29. The topological polar surface area (TPSA) is 47.0 Å². The van der Waals surface area contributed by atoms with Crippen LogP contribution in [-0.2, 0) is 0 Å². The molecule has 0 spiro atoms. The molecule has 0 unspecified atom stereocenters. The third-order valence-corrected chi connectivity index (χ3v) is 4.89. The minimum absolute atomic E-state index is 0.0298. The average molecular weight is 317 g/mol. The highest BCUT2D eigenvalue weighted by molar-refractivity contribution is 5.95. The van der Waals surface area contributed by atoms with Crippen LogP contribution in [0.4, 0.5) is 5.69 Å². The van der Waals surface area contributed by atoms with Crippen molar-refractivity contribution in [2.45, 2.75) is 25.8 Å². The predicted octanol–water partition coefficient (Wildman–Crippen LogP) is 1.43. The summed E-state index contributed by atoms with van der Waals surface area (Å²) in [5.41, 5.74) is 1.92. The van der Waals surface area contributed by atoms with Gasteiger partial charge in [0, 0.05) is 50.0 Å². The minimum atomic E-state index is 0.0298. The molecule has 2 fully saturated rings. The fourth-order valence-electron chi connectivity index (χ4n) is 3.25. The smallest absolute Gasteiger partial charge is 0.254 e. The molecule has 3 rings (SSSR count). The zero-order valence-corrected chi connectivity index (χ0v) is 13.9. The Bertz CT molecular complexity index is 520. The van der Waals surface area contributed by atoms with Crippen LogP contribution in [0.3, 0.4) is 0 Å². The summed E-state index contributed by atoms with van der Waals surface area (Å²) < 4.78 is 0. The number of benzene rings is 1. The van der Waals surface area contributed by atoms with Crippen molar-refractivity contribution >= 4 is 11.6 Å². The van der Waals surface area contributed by atoms with Crippen LogP contribution in [0.5, 0.6) is 0 Å². The lowest BCUT2D eigenvalue weighted by molar-refractivity contribution is 0.0707. The Morgan fingerprint density at radius 2 is 1.83 bits per heavy atom. The normalized spacial score (nSPS) is 19.0. The lowest BCUT2D eigenvalue weighted by Gasteiger charge is -2.35. The van der Waals surface area contributed by atoms with E-state index in [1.54, 1.807) is 0 Å². The van der Waals surface area contributed by atoms with Gasteiger partial charge in [-0.3, -0.25) is 4.79 Å². The largest absolute Gasteiger partial charge is 0.395 e. The van der Waals surface area contributed by atoms with E-state index in [0.717, 1.165) is 51.1 Å². The number of piperazine rings is 1. The number of carbonyl (C=O) groups excluding carboxylic acids is 1. The van der Waals surface area contributed by atoms with Crippen molar-refractivity contribution in [2.24, 2.45) is 0 Å². The quantitative estimate of drug-likeness (QED) is 0.862. The minimum Gasteiger partial charge on any atom is -0.395 e. The van der Waals surface area contributed by atoms with E-state index in [1.807, 2.05) is 17.0 Å². The molecule has 1 heterocycles. The lowest BCUT2D eigenvalue weighted by Crippen LogP contribution is -2.46.